The van der Waals surface area contributed by atoms with Crippen LogP contribution in [0.5, 0.6) is 0 Å². The second kappa shape index (κ2) is 8.14. The van der Waals surface area contributed by atoms with E-state index < -0.39 is 10.0 Å². The summed E-state index contributed by atoms with van der Waals surface area (Å²) in [6.07, 6.45) is 3.42. The van der Waals surface area contributed by atoms with Crippen molar-refractivity contribution in [3.8, 4) is 0 Å². The highest BCUT2D eigenvalue weighted by atomic mass is 32.2. The van der Waals surface area contributed by atoms with Gasteiger partial charge in [-0.05, 0) is 48.7 Å². The number of amides is 1. The molecule has 0 atom stereocenters. The summed E-state index contributed by atoms with van der Waals surface area (Å²) in [5.41, 5.74) is 1.07. The van der Waals surface area contributed by atoms with Crippen molar-refractivity contribution in [3.63, 3.8) is 0 Å². The van der Waals surface area contributed by atoms with Gasteiger partial charge in [0.25, 0.3) is 5.91 Å². The topological polar surface area (TPSA) is 75.3 Å². The Labute approximate surface area is 146 Å². The molecule has 2 aromatic carbocycles. The maximum Gasteiger partial charge on any atom is 0.255 e. The van der Waals surface area contributed by atoms with E-state index in [9.17, 15) is 13.2 Å². The van der Waals surface area contributed by atoms with Gasteiger partial charge in [0.15, 0.2) is 0 Å². The third kappa shape index (κ3) is 4.70. The SMILES string of the molecule is C=CCNS(=O)(=O)c1ccc(C(=O)Nc2cccc(SC)c2)cc1. The minimum absolute atomic E-state index is 0.102. The molecule has 7 heteroatoms. The maximum atomic E-state index is 12.3. The van der Waals surface area contributed by atoms with Crippen LogP contribution in [-0.4, -0.2) is 27.1 Å². The van der Waals surface area contributed by atoms with Gasteiger partial charge in [-0.2, -0.15) is 0 Å². The van der Waals surface area contributed by atoms with Gasteiger partial charge in [-0.25, -0.2) is 13.1 Å². The number of benzene rings is 2. The molecule has 126 valence electrons. The summed E-state index contributed by atoms with van der Waals surface area (Å²) in [5.74, 6) is -0.295. The Morgan fingerprint density at radius 3 is 2.54 bits per heavy atom. The van der Waals surface area contributed by atoms with Crippen LogP contribution < -0.4 is 10.0 Å². The van der Waals surface area contributed by atoms with E-state index in [1.54, 1.807) is 17.8 Å². The Hall–Kier alpha value is -2.09. The molecule has 0 saturated heterocycles. The van der Waals surface area contributed by atoms with Crippen LogP contribution in [0, 0.1) is 0 Å². The lowest BCUT2D eigenvalue weighted by molar-refractivity contribution is 0.102. The zero-order valence-corrected chi connectivity index (χ0v) is 14.8. The molecule has 0 heterocycles. The van der Waals surface area contributed by atoms with Gasteiger partial charge in [0.1, 0.15) is 0 Å². The molecule has 0 unspecified atom stereocenters. The predicted octanol–water partition coefficient (Wildman–Crippen LogP) is 3.13. The van der Waals surface area contributed by atoms with Crippen LogP contribution in [0.2, 0.25) is 0 Å². The third-order valence-corrected chi connectivity index (χ3v) is 5.34. The number of sulfonamides is 1. The molecule has 24 heavy (non-hydrogen) atoms. The number of hydrogen-bond donors (Lipinski definition) is 2. The van der Waals surface area contributed by atoms with Gasteiger partial charge in [-0.15, -0.1) is 18.3 Å². The lowest BCUT2D eigenvalue weighted by Gasteiger charge is -2.08. The van der Waals surface area contributed by atoms with E-state index in [0.29, 0.717) is 11.3 Å². The maximum absolute atomic E-state index is 12.3. The monoisotopic (exact) mass is 362 g/mol. The van der Waals surface area contributed by atoms with Crippen molar-refractivity contribution < 1.29 is 13.2 Å². The fraction of sp³-hybridized carbons (Fsp3) is 0.118. The van der Waals surface area contributed by atoms with Crippen molar-refractivity contribution in [2.75, 3.05) is 18.1 Å². The van der Waals surface area contributed by atoms with Crippen LogP contribution in [0.1, 0.15) is 10.4 Å². The predicted molar refractivity (Wildman–Crippen MR) is 98.0 cm³/mol. The molecule has 0 bridgehead atoms. The third-order valence-electron chi connectivity index (χ3n) is 3.17. The molecule has 0 fully saturated rings. The molecule has 5 nitrogen and oxygen atoms in total. The molecule has 0 aliphatic heterocycles. The largest absolute Gasteiger partial charge is 0.322 e. The molecular formula is C17H18N2O3S2. The average Bonchev–Trinajstić information content (AvgIpc) is 2.60. The molecule has 2 aromatic rings. The highest BCUT2D eigenvalue weighted by molar-refractivity contribution is 7.98. The normalized spacial score (nSPS) is 11.0. The summed E-state index contributed by atoms with van der Waals surface area (Å²) >= 11 is 1.59. The Kier molecular flexibility index (Phi) is 6.19. The Bertz CT molecular complexity index is 831. The first-order valence-electron chi connectivity index (χ1n) is 7.12. The van der Waals surface area contributed by atoms with Gasteiger partial charge in [-0.1, -0.05) is 12.1 Å². The van der Waals surface area contributed by atoms with Crippen LogP contribution in [0.25, 0.3) is 0 Å². The molecule has 0 aliphatic rings. The quantitative estimate of drug-likeness (QED) is 0.586. The summed E-state index contributed by atoms with van der Waals surface area (Å²) in [4.78, 5) is 13.4. The summed E-state index contributed by atoms with van der Waals surface area (Å²) in [5, 5.41) is 2.79. The lowest BCUT2D eigenvalue weighted by atomic mass is 10.2. The van der Waals surface area contributed by atoms with E-state index in [2.05, 4.69) is 16.6 Å². The smallest absolute Gasteiger partial charge is 0.255 e. The Balaban J connectivity index is 2.12. The van der Waals surface area contributed by atoms with Crippen molar-refractivity contribution in [2.24, 2.45) is 0 Å². The number of rotatable bonds is 7. The van der Waals surface area contributed by atoms with E-state index in [0.717, 1.165) is 4.90 Å². The Morgan fingerprint density at radius 2 is 1.92 bits per heavy atom. The fourth-order valence-corrected chi connectivity index (χ4v) is 3.40. The van der Waals surface area contributed by atoms with E-state index in [1.807, 2.05) is 24.5 Å². The first kappa shape index (κ1) is 18.3. The number of carbonyl (C=O) groups excluding carboxylic acids is 1. The highest BCUT2D eigenvalue weighted by Crippen LogP contribution is 2.20. The first-order chi connectivity index (χ1) is 11.5. The average molecular weight is 362 g/mol. The first-order valence-corrected chi connectivity index (χ1v) is 9.83. The van der Waals surface area contributed by atoms with Crippen molar-refractivity contribution >= 4 is 33.4 Å². The van der Waals surface area contributed by atoms with E-state index in [-0.39, 0.29) is 17.3 Å². The zero-order valence-electron chi connectivity index (χ0n) is 13.2. The second-order valence-electron chi connectivity index (χ2n) is 4.85. The number of anilines is 1. The molecule has 0 spiro atoms. The number of carbonyl (C=O) groups is 1. The summed E-state index contributed by atoms with van der Waals surface area (Å²) < 4.78 is 26.3. The van der Waals surface area contributed by atoms with Gasteiger partial charge in [0.2, 0.25) is 10.0 Å². The second-order valence-corrected chi connectivity index (χ2v) is 7.50. The molecule has 0 radical (unpaired) electrons. The summed E-state index contributed by atoms with van der Waals surface area (Å²) in [6.45, 7) is 3.61. The van der Waals surface area contributed by atoms with Gasteiger partial charge in [-0.3, -0.25) is 4.79 Å². The molecule has 2 rings (SSSR count). The molecule has 0 aromatic heterocycles. The molecule has 1 amide bonds. The standard InChI is InChI=1S/C17H18N2O3S2/c1-3-11-18-24(21,22)16-9-7-13(8-10-16)17(20)19-14-5-4-6-15(12-14)23-2/h3-10,12,18H,1,11H2,2H3,(H,19,20). The van der Waals surface area contributed by atoms with Crippen LogP contribution in [0.15, 0.2) is 71.0 Å². The van der Waals surface area contributed by atoms with Crippen molar-refractivity contribution in [3.05, 3.63) is 66.7 Å². The Morgan fingerprint density at radius 1 is 1.21 bits per heavy atom. The fourth-order valence-electron chi connectivity index (χ4n) is 1.94. The van der Waals surface area contributed by atoms with Crippen LogP contribution in [0.4, 0.5) is 5.69 Å². The van der Waals surface area contributed by atoms with Gasteiger partial charge in [0.05, 0.1) is 4.90 Å². The molecule has 0 aliphatic carbocycles. The number of nitrogens with one attached hydrogen (secondary N) is 2. The van der Waals surface area contributed by atoms with E-state index in [4.69, 9.17) is 0 Å². The zero-order chi connectivity index (χ0) is 17.6. The molecule has 0 saturated carbocycles. The van der Waals surface area contributed by atoms with Crippen molar-refractivity contribution in [1.82, 2.24) is 4.72 Å². The summed E-state index contributed by atoms with van der Waals surface area (Å²) in [7, 11) is -3.59. The van der Waals surface area contributed by atoms with Crippen molar-refractivity contribution in [2.45, 2.75) is 9.79 Å². The van der Waals surface area contributed by atoms with Crippen LogP contribution >= 0.6 is 11.8 Å². The number of hydrogen-bond acceptors (Lipinski definition) is 4. The minimum Gasteiger partial charge on any atom is -0.322 e. The van der Waals surface area contributed by atoms with E-state index in [1.165, 1.54) is 30.3 Å². The van der Waals surface area contributed by atoms with Gasteiger partial charge >= 0.3 is 0 Å². The van der Waals surface area contributed by atoms with E-state index >= 15 is 0 Å². The molecular weight excluding hydrogens is 344 g/mol. The number of thioether (sulfide) groups is 1. The van der Waals surface area contributed by atoms with Gasteiger partial charge in [0, 0.05) is 22.7 Å². The van der Waals surface area contributed by atoms with Gasteiger partial charge < -0.3 is 5.32 Å². The van der Waals surface area contributed by atoms with Crippen LogP contribution in [0.3, 0.4) is 0 Å². The highest BCUT2D eigenvalue weighted by Gasteiger charge is 2.14. The lowest BCUT2D eigenvalue weighted by Crippen LogP contribution is -2.23. The van der Waals surface area contributed by atoms with Crippen LogP contribution in [-0.2, 0) is 10.0 Å². The minimum atomic E-state index is -3.59. The summed E-state index contributed by atoms with van der Waals surface area (Å²) in [6, 6.07) is 13.3. The molecule has 2 N–H and O–H groups in total. The van der Waals surface area contributed by atoms with Crippen molar-refractivity contribution in [1.29, 1.82) is 0 Å².